The zero-order valence-electron chi connectivity index (χ0n) is 8.14. The second-order valence-electron chi connectivity index (χ2n) is 3.22. The van der Waals surface area contributed by atoms with Crippen LogP contribution < -0.4 is 5.32 Å². The van der Waals surface area contributed by atoms with Gasteiger partial charge in [-0.15, -0.1) is 0 Å². The van der Waals surface area contributed by atoms with Gasteiger partial charge in [0.25, 0.3) is 0 Å². The van der Waals surface area contributed by atoms with Crippen molar-refractivity contribution in [3.05, 3.63) is 30.4 Å². The fourth-order valence-electron chi connectivity index (χ4n) is 1.29. The zero-order chi connectivity index (χ0) is 9.97. The third kappa shape index (κ3) is 1.93. The van der Waals surface area contributed by atoms with Crippen LogP contribution >= 0.6 is 11.5 Å². The normalized spacial score (nSPS) is 12.7. The Morgan fingerprint density at radius 2 is 2.43 bits per heavy atom. The molecule has 0 aromatic carbocycles. The molecule has 0 saturated heterocycles. The highest BCUT2D eigenvalue weighted by Crippen LogP contribution is 2.19. The number of aryl methyl sites for hydroxylation is 1. The Morgan fingerprint density at radius 3 is 3.00 bits per heavy atom. The van der Waals surface area contributed by atoms with Crippen LogP contribution in [0.3, 0.4) is 0 Å². The fourth-order valence-corrected chi connectivity index (χ4v) is 1.80. The van der Waals surface area contributed by atoms with Gasteiger partial charge < -0.3 is 9.88 Å². The molecule has 0 aliphatic rings. The maximum atomic E-state index is 4.08. The summed E-state index contributed by atoms with van der Waals surface area (Å²) in [5, 5.41) is 4.15. The lowest BCUT2D eigenvalue weighted by atomic mass is 10.2. The molecule has 1 atom stereocenters. The smallest absolute Gasteiger partial charge is 0.202 e. The first-order chi connectivity index (χ1) is 6.75. The van der Waals surface area contributed by atoms with E-state index in [9.17, 15) is 0 Å². The Morgan fingerprint density at radius 1 is 1.57 bits per heavy atom. The Bertz CT molecular complexity index is 393. The van der Waals surface area contributed by atoms with Gasteiger partial charge in [-0.3, -0.25) is 0 Å². The molecule has 1 N–H and O–H groups in total. The summed E-state index contributed by atoms with van der Waals surface area (Å²) < 4.78 is 5.97. The summed E-state index contributed by atoms with van der Waals surface area (Å²) in [6.07, 6.45) is 5.69. The third-order valence-corrected chi connectivity index (χ3v) is 2.65. The lowest BCUT2D eigenvalue weighted by molar-refractivity contribution is 0.861. The number of aromatic nitrogens is 3. The highest BCUT2D eigenvalue weighted by Gasteiger charge is 2.07. The van der Waals surface area contributed by atoms with E-state index in [1.165, 1.54) is 17.1 Å². The molecule has 74 valence electrons. The van der Waals surface area contributed by atoms with Crippen molar-refractivity contribution in [2.75, 3.05) is 5.32 Å². The standard InChI is InChI=1S/C9H12N4S/c1-7(8-3-4-13(2)5-8)12-9-10-6-11-14-9/h3-7H,1-2H3,(H,10,11,12). The van der Waals surface area contributed by atoms with Gasteiger partial charge >= 0.3 is 0 Å². The van der Waals surface area contributed by atoms with Gasteiger partial charge in [0.1, 0.15) is 6.33 Å². The number of anilines is 1. The minimum absolute atomic E-state index is 0.268. The molecule has 1 unspecified atom stereocenters. The third-order valence-electron chi connectivity index (χ3n) is 2.06. The van der Waals surface area contributed by atoms with E-state index in [1.54, 1.807) is 6.33 Å². The van der Waals surface area contributed by atoms with Crippen LogP contribution in [-0.4, -0.2) is 13.9 Å². The average Bonchev–Trinajstić information content (AvgIpc) is 2.75. The van der Waals surface area contributed by atoms with Crippen LogP contribution in [0.1, 0.15) is 18.5 Å². The van der Waals surface area contributed by atoms with Gasteiger partial charge in [0.15, 0.2) is 0 Å². The Kier molecular flexibility index (Phi) is 2.49. The number of nitrogens with zero attached hydrogens (tertiary/aromatic N) is 3. The number of nitrogens with one attached hydrogen (secondary N) is 1. The number of hydrogen-bond donors (Lipinski definition) is 1. The van der Waals surface area contributed by atoms with E-state index < -0.39 is 0 Å². The molecule has 5 heteroatoms. The minimum atomic E-state index is 0.268. The summed E-state index contributed by atoms with van der Waals surface area (Å²) in [5.74, 6) is 0. The first kappa shape index (κ1) is 9.21. The van der Waals surface area contributed by atoms with Gasteiger partial charge in [-0.2, -0.15) is 4.37 Å². The summed E-state index contributed by atoms with van der Waals surface area (Å²) in [4.78, 5) is 4.08. The molecule has 0 spiro atoms. The first-order valence-electron chi connectivity index (χ1n) is 4.41. The van der Waals surface area contributed by atoms with E-state index in [0.29, 0.717) is 0 Å². The first-order valence-corrected chi connectivity index (χ1v) is 5.18. The van der Waals surface area contributed by atoms with Crippen LogP contribution in [0.15, 0.2) is 24.8 Å². The van der Waals surface area contributed by atoms with Crippen molar-refractivity contribution in [1.29, 1.82) is 0 Å². The molecule has 2 aromatic rings. The molecule has 2 heterocycles. The van der Waals surface area contributed by atoms with Gasteiger partial charge in [-0.05, 0) is 18.6 Å². The molecule has 0 bridgehead atoms. The van der Waals surface area contributed by atoms with Gasteiger partial charge in [0, 0.05) is 31.0 Å². The summed E-state index contributed by atoms with van der Waals surface area (Å²) in [5.41, 5.74) is 1.25. The van der Waals surface area contributed by atoms with Crippen LogP contribution in [0, 0.1) is 0 Å². The molecule has 4 nitrogen and oxygen atoms in total. The second-order valence-corrected chi connectivity index (χ2v) is 4.00. The van der Waals surface area contributed by atoms with Crippen molar-refractivity contribution in [1.82, 2.24) is 13.9 Å². The van der Waals surface area contributed by atoms with Crippen LogP contribution in [0.5, 0.6) is 0 Å². The number of hydrogen-bond acceptors (Lipinski definition) is 4. The highest BCUT2D eigenvalue weighted by atomic mass is 32.1. The van der Waals surface area contributed by atoms with E-state index >= 15 is 0 Å². The lowest BCUT2D eigenvalue weighted by Crippen LogP contribution is -2.05. The van der Waals surface area contributed by atoms with Crippen LogP contribution in [0.4, 0.5) is 5.13 Å². The van der Waals surface area contributed by atoms with Gasteiger partial charge in [0.2, 0.25) is 5.13 Å². The van der Waals surface area contributed by atoms with E-state index in [2.05, 4.69) is 33.9 Å². The molecule has 0 fully saturated rings. The maximum absolute atomic E-state index is 4.08. The topological polar surface area (TPSA) is 42.7 Å². The van der Waals surface area contributed by atoms with Crippen LogP contribution in [-0.2, 0) is 7.05 Å². The van der Waals surface area contributed by atoms with Gasteiger partial charge in [0.05, 0.1) is 6.04 Å². The summed E-state index contributed by atoms with van der Waals surface area (Å²) in [6.45, 7) is 2.11. The van der Waals surface area contributed by atoms with E-state index in [-0.39, 0.29) is 6.04 Å². The molecule has 0 aliphatic carbocycles. The molecule has 2 aromatic heterocycles. The van der Waals surface area contributed by atoms with Crippen LogP contribution in [0.2, 0.25) is 0 Å². The summed E-state index contributed by atoms with van der Waals surface area (Å²) in [6, 6.07) is 2.36. The van der Waals surface area contributed by atoms with Crippen molar-refractivity contribution < 1.29 is 0 Å². The van der Waals surface area contributed by atoms with E-state index in [0.717, 1.165) is 5.13 Å². The molecule has 2 rings (SSSR count). The van der Waals surface area contributed by atoms with Gasteiger partial charge in [-0.1, -0.05) is 0 Å². The lowest BCUT2D eigenvalue weighted by Gasteiger charge is -2.09. The molecule has 14 heavy (non-hydrogen) atoms. The largest absolute Gasteiger partial charge is 0.357 e. The molecule has 0 radical (unpaired) electrons. The van der Waals surface area contributed by atoms with Gasteiger partial charge in [-0.25, -0.2) is 4.98 Å². The molecule has 0 aliphatic heterocycles. The molecular formula is C9H12N4S. The Labute approximate surface area is 86.8 Å². The summed E-state index contributed by atoms with van der Waals surface area (Å²) >= 11 is 1.37. The molecule has 0 saturated carbocycles. The maximum Gasteiger partial charge on any atom is 0.202 e. The zero-order valence-corrected chi connectivity index (χ0v) is 8.95. The van der Waals surface area contributed by atoms with Crippen molar-refractivity contribution >= 4 is 16.7 Å². The van der Waals surface area contributed by atoms with Crippen molar-refractivity contribution in [2.45, 2.75) is 13.0 Å². The quantitative estimate of drug-likeness (QED) is 0.839. The average molecular weight is 208 g/mol. The Balaban J connectivity index is 2.06. The Hall–Kier alpha value is -1.36. The van der Waals surface area contributed by atoms with E-state index in [4.69, 9.17) is 0 Å². The summed E-state index contributed by atoms with van der Waals surface area (Å²) in [7, 11) is 2.02. The van der Waals surface area contributed by atoms with Crippen molar-refractivity contribution in [2.24, 2.45) is 7.05 Å². The van der Waals surface area contributed by atoms with E-state index in [1.807, 2.05) is 17.8 Å². The van der Waals surface area contributed by atoms with Crippen LogP contribution in [0.25, 0.3) is 0 Å². The monoisotopic (exact) mass is 208 g/mol. The minimum Gasteiger partial charge on any atom is -0.357 e. The molecular weight excluding hydrogens is 196 g/mol. The molecule has 0 amide bonds. The second kappa shape index (κ2) is 3.79. The highest BCUT2D eigenvalue weighted by molar-refractivity contribution is 7.09. The fraction of sp³-hybridized carbons (Fsp3) is 0.333. The number of rotatable bonds is 3. The van der Waals surface area contributed by atoms with Crippen molar-refractivity contribution in [3.8, 4) is 0 Å². The SMILES string of the molecule is CC(Nc1ncns1)c1ccn(C)c1. The predicted octanol–water partition coefficient (Wildman–Crippen LogP) is 2.05. The van der Waals surface area contributed by atoms with Crippen molar-refractivity contribution in [3.63, 3.8) is 0 Å². The predicted molar refractivity (Wildman–Crippen MR) is 57.4 cm³/mol.